The lowest BCUT2D eigenvalue weighted by molar-refractivity contribution is -0.0212. The zero-order valence-corrected chi connectivity index (χ0v) is 14.0. The summed E-state index contributed by atoms with van der Waals surface area (Å²) >= 11 is 1.84. The third-order valence-corrected chi connectivity index (χ3v) is 5.04. The van der Waals surface area contributed by atoms with Crippen molar-refractivity contribution in [3.8, 4) is 0 Å². The van der Waals surface area contributed by atoms with Gasteiger partial charge in [0.25, 0.3) is 0 Å². The van der Waals surface area contributed by atoms with Gasteiger partial charge in [0.2, 0.25) is 0 Å². The summed E-state index contributed by atoms with van der Waals surface area (Å²) in [5.74, 6) is 0.801. The van der Waals surface area contributed by atoms with Crippen molar-refractivity contribution in [3.63, 3.8) is 0 Å². The van der Waals surface area contributed by atoms with Crippen LogP contribution in [0.5, 0.6) is 0 Å². The molecule has 1 aromatic heterocycles. The first-order valence-corrected chi connectivity index (χ1v) is 8.78. The van der Waals surface area contributed by atoms with Gasteiger partial charge in [0.15, 0.2) is 0 Å². The first-order valence-electron chi connectivity index (χ1n) is 7.90. The van der Waals surface area contributed by atoms with Gasteiger partial charge in [-0.2, -0.15) is 0 Å². The van der Waals surface area contributed by atoms with Crippen molar-refractivity contribution in [3.05, 3.63) is 22.4 Å². The number of thiophene rings is 1. The molecule has 0 amide bonds. The molecule has 3 heteroatoms. The monoisotopic (exact) mass is 295 g/mol. The van der Waals surface area contributed by atoms with E-state index in [1.807, 2.05) is 11.3 Å². The van der Waals surface area contributed by atoms with Crippen molar-refractivity contribution in [1.82, 2.24) is 5.32 Å². The van der Waals surface area contributed by atoms with Gasteiger partial charge in [-0.25, -0.2) is 0 Å². The van der Waals surface area contributed by atoms with Crippen molar-refractivity contribution in [2.45, 2.75) is 52.6 Å². The summed E-state index contributed by atoms with van der Waals surface area (Å²) in [5.41, 5.74) is 0.453. The molecule has 1 N–H and O–H groups in total. The molecule has 2 unspecified atom stereocenters. The molecule has 0 aromatic carbocycles. The van der Waals surface area contributed by atoms with Crippen molar-refractivity contribution >= 4 is 11.3 Å². The molecule has 1 aliphatic carbocycles. The lowest BCUT2D eigenvalue weighted by Gasteiger charge is -2.38. The number of rotatable bonds is 7. The van der Waals surface area contributed by atoms with Crippen LogP contribution in [0.1, 0.15) is 44.9 Å². The van der Waals surface area contributed by atoms with Crippen molar-refractivity contribution in [2.24, 2.45) is 11.3 Å². The van der Waals surface area contributed by atoms with E-state index in [0.29, 0.717) is 11.5 Å². The van der Waals surface area contributed by atoms with Gasteiger partial charge in [-0.1, -0.05) is 26.8 Å². The second kappa shape index (κ2) is 7.58. The van der Waals surface area contributed by atoms with Crippen molar-refractivity contribution in [2.75, 3.05) is 19.7 Å². The van der Waals surface area contributed by atoms with Gasteiger partial charge in [0.05, 0.1) is 12.7 Å². The summed E-state index contributed by atoms with van der Waals surface area (Å²) in [4.78, 5) is 1.46. The Hall–Kier alpha value is -0.380. The molecule has 1 saturated carbocycles. The van der Waals surface area contributed by atoms with Gasteiger partial charge in [-0.15, -0.1) is 11.3 Å². The summed E-state index contributed by atoms with van der Waals surface area (Å²) in [5, 5.41) is 5.62. The molecule has 1 aromatic rings. The Kier molecular flexibility index (Phi) is 6.06. The Bertz CT molecular complexity index is 374. The van der Waals surface area contributed by atoms with Crippen LogP contribution in [-0.2, 0) is 11.2 Å². The summed E-state index contributed by atoms with van der Waals surface area (Å²) in [6, 6.07) is 4.32. The molecule has 2 nitrogen and oxygen atoms in total. The van der Waals surface area contributed by atoms with Crippen LogP contribution in [0.4, 0.5) is 0 Å². The Balaban J connectivity index is 1.54. The zero-order valence-electron chi connectivity index (χ0n) is 13.2. The van der Waals surface area contributed by atoms with Crippen LogP contribution in [0.2, 0.25) is 0 Å². The van der Waals surface area contributed by atoms with Gasteiger partial charge in [0.1, 0.15) is 0 Å². The topological polar surface area (TPSA) is 21.3 Å². The molecule has 0 radical (unpaired) electrons. The van der Waals surface area contributed by atoms with E-state index < -0.39 is 0 Å². The second-order valence-corrected chi connectivity index (χ2v) is 8.02. The minimum absolute atomic E-state index is 0.453. The number of ether oxygens (including phenoxy) is 1. The van der Waals surface area contributed by atoms with E-state index in [1.54, 1.807) is 0 Å². The molecule has 0 bridgehead atoms. The third kappa shape index (κ3) is 5.55. The van der Waals surface area contributed by atoms with Gasteiger partial charge in [0, 0.05) is 18.0 Å². The third-order valence-electron chi connectivity index (χ3n) is 4.11. The fourth-order valence-electron chi connectivity index (χ4n) is 3.47. The van der Waals surface area contributed by atoms with Gasteiger partial charge in [-0.3, -0.25) is 0 Å². The number of hydrogen-bond acceptors (Lipinski definition) is 3. The molecule has 1 aliphatic rings. The largest absolute Gasteiger partial charge is 0.377 e. The summed E-state index contributed by atoms with van der Waals surface area (Å²) in [7, 11) is 0. The summed E-state index contributed by atoms with van der Waals surface area (Å²) in [6.07, 6.45) is 5.38. The Morgan fingerprint density at radius 1 is 1.35 bits per heavy atom. The molecule has 1 heterocycles. The molecule has 114 valence electrons. The van der Waals surface area contributed by atoms with Crippen molar-refractivity contribution in [1.29, 1.82) is 0 Å². The van der Waals surface area contributed by atoms with Gasteiger partial charge < -0.3 is 10.1 Å². The van der Waals surface area contributed by atoms with E-state index in [2.05, 4.69) is 43.6 Å². The van der Waals surface area contributed by atoms with Crippen LogP contribution in [0.15, 0.2) is 17.5 Å². The maximum Gasteiger partial charge on any atom is 0.0594 e. The van der Waals surface area contributed by atoms with Gasteiger partial charge >= 0.3 is 0 Å². The normalized spacial score (nSPS) is 25.8. The Morgan fingerprint density at radius 2 is 2.20 bits per heavy atom. The van der Waals surface area contributed by atoms with E-state index in [4.69, 9.17) is 4.74 Å². The molecule has 2 rings (SSSR count). The SMILES string of the molecule is CC1CC(OCCNCCc2cccs2)CC(C)(C)C1. The molecule has 2 atom stereocenters. The lowest BCUT2D eigenvalue weighted by Crippen LogP contribution is -2.34. The average Bonchev–Trinajstić information content (AvgIpc) is 2.84. The second-order valence-electron chi connectivity index (χ2n) is 6.99. The minimum Gasteiger partial charge on any atom is -0.377 e. The highest BCUT2D eigenvalue weighted by Gasteiger charge is 2.32. The molecule has 0 saturated heterocycles. The quantitative estimate of drug-likeness (QED) is 0.764. The number of hydrogen-bond donors (Lipinski definition) is 1. The molecule has 0 spiro atoms. The lowest BCUT2D eigenvalue weighted by atomic mass is 9.71. The minimum atomic E-state index is 0.453. The van der Waals surface area contributed by atoms with Crippen molar-refractivity contribution < 1.29 is 4.74 Å². The zero-order chi connectivity index (χ0) is 14.4. The van der Waals surface area contributed by atoms with Crippen LogP contribution in [0.3, 0.4) is 0 Å². The highest BCUT2D eigenvalue weighted by molar-refractivity contribution is 7.09. The van der Waals surface area contributed by atoms with Crippen LogP contribution >= 0.6 is 11.3 Å². The Labute approximate surface area is 127 Å². The standard InChI is InChI=1S/C17H29NOS/c1-14-11-15(13-17(2,3)12-14)19-9-8-18-7-6-16-5-4-10-20-16/h4-5,10,14-15,18H,6-9,11-13H2,1-3H3. The first-order chi connectivity index (χ1) is 9.55. The summed E-state index contributed by atoms with van der Waals surface area (Å²) in [6.45, 7) is 9.97. The average molecular weight is 295 g/mol. The maximum atomic E-state index is 6.07. The van der Waals surface area contributed by atoms with Crippen LogP contribution < -0.4 is 5.32 Å². The molecular formula is C17H29NOS. The predicted molar refractivity (Wildman–Crippen MR) is 87.4 cm³/mol. The van der Waals surface area contributed by atoms with E-state index in [9.17, 15) is 0 Å². The molecular weight excluding hydrogens is 266 g/mol. The maximum absolute atomic E-state index is 6.07. The fraction of sp³-hybridized carbons (Fsp3) is 0.765. The van der Waals surface area contributed by atoms with Crippen LogP contribution in [0, 0.1) is 11.3 Å². The summed E-state index contributed by atoms with van der Waals surface area (Å²) < 4.78 is 6.07. The Morgan fingerprint density at radius 3 is 2.90 bits per heavy atom. The molecule has 20 heavy (non-hydrogen) atoms. The first kappa shape index (κ1) is 16.0. The van der Waals surface area contributed by atoms with E-state index in [0.717, 1.165) is 32.0 Å². The smallest absolute Gasteiger partial charge is 0.0594 e. The van der Waals surface area contributed by atoms with Gasteiger partial charge in [-0.05, 0) is 48.5 Å². The number of nitrogens with one attached hydrogen (secondary N) is 1. The molecule has 0 aliphatic heterocycles. The van der Waals surface area contributed by atoms with Crippen LogP contribution in [-0.4, -0.2) is 25.8 Å². The van der Waals surface area contributed by atoms with E-state index in [-0.39, 0.29) is 0 Å². The predicted octanol–water partition coefficient (Wildman–Crippen LogP) is 4.11. The molecule has 1 fully saturated rings. The van der Waals surface area contributed by atoms with E-state index >= 15 is 0 Å². The van der Waals surface area contributed by atoms with E-state index in [1.165, 1.54) is 24.1 Å². The highest BCUT2D eigenvalue weighted by atomic mass is 32.1. The van der Waals surface area contributed by atoms with Crippen LogP contribution in [0.25, 0.3) is 0 Å². The highest BCUT2D eigenvalue weighted by Crippen LogP contribution is 2.39. The fourth-order valence-corrected chi connectivity index (χ4v) is 4.18.